The number of aromatic nitrogens is 1. The molecular weight excluding hydrogens is 306 g/mol. The maximum Gasteiger partial charge on any atom is 0.226 e. The van der Waals surface area contributed by atoms with Gasteiger partial charge in [0.25, 0.3) is 0 Å². The van der Waals surface area contributed by atoms with Gasteiger partial charge in [-0.3, -0.25) is 9.69 Å². The molecule has 1 aromatic heterocycles. The Kier molecular flexibility index (Phi) is 5.89. The molecule has 6 heteroatoms. The van der Waals surface area contributed by atoms with E-state index in [1.165, 1.54) is 32.1 Å². The standard InChI is InChI=1S/C18H29N3O3/c1-15-11-16(20-24-15)12-17(22)19-13-18(5-3-2-4-6-18)14-21-7-9-23-10-8-21/h11H,2-10,12-14H2,1H3,(H,19,22). The van der Waals surface area contributed by atoms with Crippen LogP contribution in [0.5, 0.6) is 0 Å². The van der Waals surface area contributed by atoms with Gasteiger partial charge in [-0.05, 0) is 19.8 Å². The SMILES string of the molecule is Cc1cc(CC(=O)NCC2(CN3CCOCC3)CCCCC2)no1. The third-order valence-corrected chi connectivity index (χ3v) is 5.26. The monoisotopic (exact) mass is 335 g/mol. The number of aryl methyl sites for hydroxylation is 1. The molecule has 1 aliphatic carbocycles. The number of morpholine rings is 1. The maximum absolute atomic E-state index is 12.3. The van der Waals surface area contributed by atoms with Crippen molar-refractivity contribution in [2.75, 3.05) is 39.4 Å². The Morgan fingerprint density at radius 1 is 1.29 bits per heavy atom. The molecule has 1 saturated heterocycles. The average Bonchev–Trinajstić information content (AvgIpc) is 3.00. The van der Waals surface area contributed by atoms with Crippen molar-refractivity contribution in [3.05, 3.63) is 17.5 Å². The van der Waals surface area contributed by atoms with Crippen LogP contribution in [0.2, 0.25) is 0 Å². The lowest BCUT2D eigenvalue weighted by atomic mass is 9.73. The van der Waals surface area contributed by atoms with Crippen molar-refractivity contribution in [3.8, 4) is 0 Å². The summed E-state index contributed by atoms with van der Waals surface area (Å²) in [5.41, 5.74) is 0.918. The van der Waals surface area contributed by atoms with Gasteiger partial charge in [-0.15, -0.1) is 0 Å². The summed E-state index contributed by atoms with van der Waals surface area (Å²) in [6, 6.07) is 1.82. The van der Waals surface area contributed by atoms with Gasteiger partial charge in [0.05, 0.1) is 25.3 Å². The number of amides is 1. The number of hydrogen-bond acceptors (Lipinski definition) is 5. The van der Waals surface area contributed by atoms with Gasteiger partial charge >= 0.3 is 0 Å². The number of carbonyl (C=O) groups excluding carboxylic acids is 1. The predicted molar refractivity (Wildman–Crippen MR) is 90.7 cm³/mol. The topological polar surface area (TPSA) is 67.6 Å². The second-order valence-electron chi connectivity index (χ2n) is 7.33. The van der Waals surface area contributed by atoms with E-state index in [2.05, 4.69) is 15.4 Å². The highest BCUT2D eigenvalue weighted by Gasteiger charge is 2.34. The summed E-state index contributed by atoms with van der Waals surface area (Å²) in [7, 11) is 0. The first-order chi connectivity index (χ1) is 11.7. The zero-order valence-corrected chi connectivity index (χ0v) is 14.7. The lowest BCUT2D eigenvalue weighted by Crippen LogP contribution is -2.49. The number of rotatable bonds is 6. The first kappa shape index (κ1) is 17.4. The van der Waals surface area contributed by atoms with E-state index in [4.69, 9.17) is 9.26 Å². The van der Waals surface area contributed by atoms with Gasteiger partial charge in [0.15, 0.2) is 0 Å². The summed E-state index contributed by atoms with van der Waals surface area (Å²) in [5, 5.41) is 7.07. The molecule has 134 valence electrons. The van der Waals surface area contributed by atoms with Crippen LogP contribution < -0.4 is 5.32 Å². The van der Waals surface area contributed by atoms with Gasteiger partial charge in [-0.2, -0.15) is 0 Å². The van der Waals surface area contributed by atoms with Crippen molar-refractivity contribution in [1.29, 1.82) is 0 Å². The summed E-state index contributed by atoms with van der Waals surface area (Å²) < 4.78 is 10.5. The summed E-state index contributed by atoms with van der Waals surface area (Å²) in [4.78, 5) is 14.8. The van der Waals surface area contributed by atoms with Crippen molar-refractivity contribution in [1.82, 2.24) is 15.4 Å². The van der Waals surface area contributed by atoms with E-state index < -0.39 is 0 Å². The molecule has 0 aromatic carbocycles. The molecule has 1 N–H and O–H groups in total. The number of nitrogens with zero attached hydrogens (tertiary/aromatic N) is 2. The van der Waals surface area contributed by atoms with E-state index in [0.29, 0.717) is 12.1 Å². The Bertz CT molecular complexity index is 531. The van der Waals surface area contributed by atoms with Crippen LogP contribution in [0.4, 0.5) is 0 Å². The second kappa shape index (κ2) is 8.12. The van der Waals surface area contributed by atoms with Crippen molar-refractivity contribution >= 4 is 5.91 Å². The largest absolute Gasteiger partial charge is 0.379 e. The number of ether oxygens (including phenoxy) is 1. The maximum atomic E-state index is 12.3. The summed E-state index contributed by atoms with van der Waals surface area (Å²) in [6.45, 7) is 7.34. The fourth-order valence-corrected chi connectivity index (χ4v) is 3.94. The normalized spacial score (nSPS) is 21.5. The molecule has 2 aliphatic rings. The van der Waals surface area contributed by atoms with E-state index in [1.807, 2.05) is 13.0 Å². The molecule has 1 aliphatic heterocycles. The highest BCUT2D eigenvalue weighted by atomic mass is 16.5. The molecule has 1 amide bonds. The molecule has 0 spiro atoms. The molecule has 3 rings (SSSR count). The van der Waals surface area contributed by atoms with Crippen LogP contribution in [0, 0.1) is 12.3 Å². The van der Waals surface area contributed by atoms with Gasteiger partial charge in [-0.25, -0.2) is 0 Å². The zero-order chi connectivity index (χ0) is 16.8. The Morgan fingerprint density at radius 2 is 2.04 bits per heavy atom. The summed E-state index contributed by atoms with van der Waals surface area (Å²) in [5.74, 6) is 0.782. The lowest BCUT2D eigenvalue weighted by Gasteiger charge is -2.42. The molecule has 2 heterocycles. The van der Waals surface area contributed by atoms with Crippen LogP contribution in [0.15, 0.2) is 10.6 Å². The molecule has 0 radical (unpaired) electrons. The third-order valence-electron chi connectivity index (χ3n) is 5.26. The molecule has 1 aromatic rings. The average molecular weight is 335 g/mol. The highest BCUT2D eigenvalue weighted by Crippen LogP contribution is 2.36. The minimum absolute atomic E-state index is 0.0372. The fraction of sp³-hybridized carbons (Fsp3) is 0.778. The molecule has 0 bridgehead atoms. The zero-order valence-electron chi connectivity index (χ0n) is 14.7. The first-order valence-electron chi connectivity index (χ1n) is 9.14. The van der Waals surface area contributed by atoms with E-state index in [1.54, 1.807) is 0 Å². The van der Waals surface area contributed by atoms with E-state index >= 15 is 0 Å². The van der Waals surface area contributed by atoms with Gasteiger partial charge in [0.2, 0.25) is 5.91 Å². The summed E-state index contributed by atoms with van der Waals surface area (Å²) >= 11 is 0. The Balaban J connectivity index is 1.54. The van der Waals surface area contributed by atoms with Gasteiger partial charge in [0.1, 0.15) is 5.76 Å². The Labute approximate surface area is 143 Å². The highest BCUT2D eigenvalue weighted by molar-refractivity contribution is 5.78. The molecule has 1 saturated carbocycles. The van der Waals surface area contributed by atoms with Crippen LogP contribution in [0.1, 0.15) is 43.6 Å². The number of carbonyl (C=O) groups is 1. The Morgan fingerprint density at radius 3 is 2.71 bits per heavy atom. The van der Waals surface area contributed by atoms with Crippen molar-refractivity contribution in [2.45, 2.75) is 45.4 Å². The van der Waals surface area contributed by atoms with Crippen LogP contribution in [0.25, 0.3) is 0 Å². The van der Waals surface area contributed by atoms with E-state index in [9.17, 15) is 4.79 Å². The number of hydrogen-bond donors (Lipinski definition) is 1. The Hall–Kier alpha value is -1.40. The van der Waals surface area contributed by atoms with Crippen LogP contribution in [-0.4, -0.2) is 55.4 Å². The predicted octanol–water partition coefficient (Wildman–Crippen LogP) is 1.92. The molecular formula is C18H29N3O3. The first-order valence-corrected chi connectivity index (χ1v) is 9.14. The summed E-state index contributed by atoms with van der Waals surface area (Å²) in [6.07, 6.45) is 6.55. The minimum atomic E-state index is 0.0372. The smallest absolute Gasteiger partial charge is 0.226 e. The molecule has 0 atom stereocenters. The van der Waals surface area contributed by atoms with Crippen LogP contribution in [-0.2, 0) is 16.0 Å². The number of nitrogens with one attached hydrogen (secondary N) is 1. The molecule has 2 fully saturated rings. The molecule has 6 nitrogen and oxygen atoms in total. The van der Waals surface area contributed by atoms with E-state index in [-0.39, 0.29) is 11.3 Å². The minimum Gasteiger partial charge on any atom is -0.379 e. The third kappa shape index (κ3) is 4.80. The quantitative estimate of drug-likeness (QED) is 0.860. The molecule has 24 heavy (non-hydrogen) atoms. The van der Waals surface area contributed by atoms with Gasteiger partial charge in [0, 0.05) is 37.7 Å². The van der Waals surface area contributed by atoms with Gasteiger partial charge in [-0.1, -0.05) is 24.4 Å². The van der Waals surface area contributed by atoms with Crippen molar-refractivity contribution in [2.24, 2.45) is 5.41 Å². The van der Waals surface area contributed by atoms with Crippen LogP contribution >= 0.6 is 0 Å². The second-order valence-corrected chi connectivity index (χ2v) is 7.33. The van der Waals surface area contributed by atoms with Crippen molar-refractivity contribution < 1.29 is 14.1 Å². The van der Waals surface area contributed by atoms with Crippen molar-refractivity contribution in [3.63, 3.8) is 0 Å². The van der Waals surface area contributed by atoms with Crippen LogP contribution in [0.3, 0.4) is 0 Å². The molecule has 0 unspecified atom stereocenters. The van der Waals surface area contributed by atoms with Gasteiger partial charge < -0.3 is 14.6 Å². The van der Waals surface area contributed by atoms with E-state index in [0.717, 1.165) is 45.2 Å². The lowest BCUT2D eigenvalue weighted by molar-refractivity contribution is -0.121. The fourth-order valence-electron chi connectivity index (χ4n) is 3.94.